The maximum atomic E-state index is 10.5. The number of aliphatic hydroxyl groups excluding tert-OH is 1. The second-order valence-corrected chi connectivity index (χ2v) is 14.6. The lowest BCUT2D eigenvalue weighted by Crippen LogP contribution is -2.45. The van der Waals surface area contributed by atoms with Gasteiger partial charge in [0.05, 0.1) is 18.8 Å². The number of aliphatic hydroxyl groups is 1. The molecule has 0 bridgehead atoms. The molecule has 0 aromatic heterocycles. The third kappa shape index (κ3) is 5.80. The minimum Gasteiger partial charge on any atom is -0.414 e. The van der Waals surface area contributed by atoms with E-state index in [0.717, 1.165) is 6.42 Å². The molecule has 0 saturated carbocycles. The number of rotatable bonds is 7. The van der Waals surface area contributed by atoms with Crippen molar-refractivity contribution in [2.24, 2.45) is 11.8 Å². The molecule has 1 heterocycles. The largest absolute Gasteiger partial charge is 0.414 e. The van der Waals surface area contributed by atoms with Crippen molar-refractivity contribution >= 4 is 8.32 Å². The van der Waals surface area contributed by atoms with E-state index in [0.29, 0.717) is 12.5 Å². The molecule has 4 atom stereocenters. The molecule has 0 aliphatic carbocycles. The molecule has 1 fully saturated rings. The SMILES string of the molecule is CC(C)C[C@@H](O)[C@H](C)[C@H]1OC(C)(C)O[C@H]1CO[Si](C)(C)C(C)(C)C. The first-order valence-electron chi connectivity index (χ1n) is 9.34. The first kappa shape index (κ1) is 22.1. The van der Waals surface area contributed by atoms with Crippen LogP contribution in [0.15, 0.2) is 0 Å². The van der Waals surface area contributed by atoms with E-state index in [1.54, 1.807) is 0 Å². The Kier molecular flexibility index (Phi) is 7.13. The second kappa shape index (κ2) is 7.75. The molecule has 1 rings (SSSR count). The zero-order valence-corrected chi connectivity index (χ0v) is 18.5. The highest BCUT2D eigenvalue weighted by Crippen LogP contribution is 2.39. The molecule has 1 aliphatic rings. The van der Waals surface area contributed by atoms with Crippen molar-refractivity contribution in [3.63, 3.8) is 0 Å². The molecule has 1 aliphatic heterocycles. The molecule has 144 valence electrons. The van der Waals surface area contributed by atoms with Gasteiger partial charge < -0.3 is 19.0 Å². The molecule has 0 spiro atoms. The molecule has 0 aromatic rings. The van der Waals surface area contributed by atoms with Crippen LogP contribution in [0.3, 0.4) is 0 Å². The van der Waals surface area contributed by atoms with Gasteiger partial charge in [-0.2, -0.15) is 0 Å². The molecule has 1 saturated heterocycles. The first-order valence-corrected chi connectivity index (χ1v) is 12.2. The summed E-state index contributed by atoms with van der Waals surface area (Å²) in [5, 5.41) is 10.7. The lowest BCUT2D eigenvalue weighted by Gasteiger charge is -2.37. The average molecular weight is 361 g/mol. The summed E-state index contributed by atoms with van der Waals surface area (Å²) in [7, 11) is -1.83. The maximum Gasteiger partial charge on any atom is 0.192 e. The van der Waals surface area contributed by atoms with Gasteiger partial charge in [-0.3, -0.25) is 0 Å². The zero-order valence-electron chi connectivity index (χ0n) is 17.5. The first-order chi connectivity index (χ1) is 10.7. The summed E-state index contributed by atoms with van der Waals surface area (Å²) in [5.41, 5.74) is 0. The fraction of sp³-hybridized carbons (Fsp3) is 1.00. The van der Waals surface area contributed by atoms with E-state index in [9.17, 15) is 5.11 Å². The molecule has 0 radical (unpaired) electrons. The van der Waals surface area contributed by atoms with Crippen LogP contribution in [0.2, 0.25) is 18.1 Å². The van der Waals surface area contributed by atoms with Gasteiger partial charge in [-0.1, -0.05) is 41.5 Å². The third-order valence-electron chi connectivity index (χ3n) is 5.47. The number of ether oxygens (including phenoxy) is 2. The summed E-state index contributed by atoms with van der Waals surface area (Å²) < 4.78 is 18.6. The minimum atomic E-state index is -1.83. The summed E-state index contributed by atoms with van der Waals surface area (Å²) in [4.78, 5) is 0. The molecular formula is C19H40O4Si. The van der Waals surface area contributed by atoms with E-state index < -0.39 is 14.1 Å². The van der Waals surface area contributed by atoms with E-state index in [2.05, 4.69) is 54.6 Å². The normalized spacial score (nSPS) is 27.5. The van der Waals surface area contributed by atoms with Crippen molar-refractivity contribution in [1.82, 2.24) is 0 Å². The number of hydrogen-bond acceptors (Lipinski definition) is 4. The van der Waals surface area contributed by atoms with Crippen LogP contribution in [0.25, 0.3) is 0 Å². The van der Waals surface area contributed by atoms with Gasteiger partial charge in [0, 0.05) is 5.92 Å². The van der Waals surface area contributed by atoms with Crippen LogP contribution in [-0.4, -0.2) is 44.1 Å². The van der Waals surface area contributed by atoms with Gasteiger partial charge in [0.25, 0.3) is 0 Å². The Hall–Kier alpha value is 0.0569. The molecule has 0 unspecified atom stereocenters. The lowest BCUT2D eigenvalue weighted by molar-refractivity contribution is -0.155. The maximum absolute atomic E-state index is 10.5. The van der Waals surface area contributed by atoms with Crippen LogP contribution in [0, 0.1) is 11.8 Å². The van der Waals surface area contributed by atoms with Gasteiger partial charge in [0.1, 0.15) is 6.10 Å². The Balaban J connectivity index is 2.79. The molecule has 5 heteroatoms. The predicted molar refractivity (Wildman–Crippen MR) is 102 cm³/mol. The van der Waals surface area contributed by atoms with Crippen molar-refractivity contribution in [2.75, 3.05) is 6.61 Å². The van der Waals surface area contributed by atoms with Crippen LogP contribution in [0.1, 0.15) is 61.8 Å². The molecule has 4 nitrogen and oxygen atoms in total. The van der Waals surface area contributed by atoms with Crippen molar-refractivity contribution < 1.29 is 19.0 Å². The quantitative estimate of drug-likeness (QED) is 0.676. The van der Waals surface area contributed by atoms with Gasteiger partial charge in [0.15, 0.2) is 14.1 Å². The summed E-state index contributed by atoms with van der Waals surface area (Å²) in [5.74, 6) is -0.153. The summed E-state index contributed by atoms with van der Waals surface area (Å²) >= 11 is 0. The van der Waals surface area contributed by atoms with Gasteiger partial charge >= 0.3 is 0 Å². The monoisotopic (exact) mass is 360 g/mol. The number of hydrogen-bond donors (Lipinski definition) is 1. The Labute approximate surface area is 150 Å². The molecule has 24 heavy (non-hydrogen) atoms. The van der Waals surface area contributed by atoms with E-state index in [-0.39, 0.29) is 29.3 Å². The van der Waals surface area contributed by atoms with Crippen LogP contribution >= 0.6 is 0 Å². The van der Waals surface area contributed by atoms with Gasteiger partial charge in [-0.15, -0.1) is 0 Å². The second-order valence-electron chi connectivity index (χ2n) is 9.77. The van der Waals surface area contributed by atoms with E-state index in [1.807, 2.05) is 13.8 Å². The summed E-state index contributed by atoms with van der Waals surface area (Å²) in [6, 6.07) is 0. The minimum absolute atomic E-state index is 0.0159. The van der Waals surface area contributed by atoms with E-state index in [4.69, 9.17) is 13.9 Å². The highest BCUT2D eigenvalue weighted by molar-refractivity contribution is 6.74. The average Bonchev–Trinajstić information content (AvgIpc) is 2.68. The van der Waals surface area contributed by atoms with Crippen LogP contribution in [-0.2, 0) is 13.9 Å². The fourth-order valence-corrected chi connectivity index (χ4v) is 3.88. The van der Waals surface area contributed by atoms with Crippen molar-refractivity contribution in [3.8, 4) is 0 Å². The van der Waals surface area contributed by atoms with Crippen LogP contribution in [0.4, 0.5) is 0 Å². The lowest BCUT2D eigenvalue weighted by atomic mass is 9.89. The van der Waals surface area contributed by atoms with Gasteiger partial charge in [-0.25, -0.2) is 0 Å². The highest BCUT2D eigenvalue weighted by Gasteiger charge is 2.47. The Morgan fingerprint density at radius 1 is 1.12 bits per heavy atom. The van der Waals surface area contributed by atoms with Gasteiger partial charge in [-0.05, 0) is 44.3 Å². The highest BCUT2D eigenvalue weighted by atomic mass is 28.4. The van der Waals surface area contributed by atoms with Crippen LogP contribution < -0.4 is 0 Å². The van der Waals surface area contributed by atoms with Gasteiger partial charge in [0.2, 0.25) is 0 Å². The topological polar surface area (TPSA) is 47.9 Å². The van der Waals surface area contributed by atoms with E-state index in [1.165, 1.54) is 0 Å². The Morgan fingerprint density at radius 2 is 1.67 bits per heavy atom. The third-order valence-corrected chi connectivity index (χ3v) is 9.97. The van der Waals surface area contributed by atoms with E-state index >= 15 is 0 Å². The zero-order chi connectivity index (χ0) is 18.9. The predicted octanol–water partition coefficient (Wildman–Crippen LogP) is 4.57. The standard InChI is InChI=1S/C19H40O4Si/c1-13(2)11-15(20)14(3)17-16(22-19(7,8)23-17)12-21-24(9,10)18(4,5)6/h13-17,20H,11-12H2,1-10H3/t14-,15+,16-,17+/m0/s1. The Morgan fingerprint density at radius 3 is 2.12 bits per heavy atom. The fourth-order valence-electron chi connectivity index (χ4n) is 2.86. The molecule has 1 N–H and O–H groups in total. The molecular weight excluding hydrogens is 320 g/mol. The van der Waals surface area contributed by atoms with Crippen molar-refractivity contribution in [1.29, 1.82) is 0 Å². The van der Waals surface area contributed by atoms with Crippen LogP contribution in [0.5, 0.6) is 0 Å². The molecule has 0 amide bonds. The Bertz CT molecular complexity index is 401. The summed E-state index contributed by atoms with van der Waals surface area (Å²) in [6.45, 7) is 21.9. The smallest absolute Gasteiger partial charge is 0.192 e. The van der Waals surface area contributed by atoms with Crippen molar-refractivity contribution in [2.45, 2.75) is 104 Å². The molecule has 0 aromatic carbocycles. The van der Waals surface area contributed by atoms with Crippen molar-refractivity contribution in [3.05, 3.63) is 0 Å². The summed E-state index contributed by atoms with van der Waals surface area (Å²) in [6.07, 6.45) is 0.115.